The number of nitrogens with zero attached hydrogens (tertiary/aromatic N) is 3. The average Bonchev–Trinajstić information content (AvgIpc) is 3.50. The van der Waals surface area contributed by atoms with Crippen LogP contribution in [0.25, 0.3) is 33.7 Å². The molecule has 0 saturated carbocycles. The van der Waals surface area contributed by atoms with E-state index in [-0.39, 0.29) is 34.4 Å². The molecule has 0 atom stereocenters. The van der Waals surface area contributed by atoms with Crippen LogP contribution < -0.4 is 19.8 Å². The zero-order chi connectivity index (χ0) is 28.3. The van der Waals surface area contributed by atoms with Crippen LogP contribution in [0.3, 0.4) is 0 Å². The molecular weight excluding hydrogens is 568 g/mol. The number of benzene rings is 2. The van der Waals surface area contributed by atoms with Crippen molar-refractivity contribution in [1.82, 2.24) is 19.9 Å². The van der Waals surface area contributed by atoms with E-state index in [1.54, 1.807) is 55.5 Å². The summed E-state index contributed by atoms with van der Waals surface area (Å²) < 4.78 is 41.6. The van der Waals surface area contributed by atoms with Crippen molar-refractivity contribution in [2.75, 3.05) is 46.2 Å². The Morgan fingerprint density at radius 2 is 1.68 bits per heavy atom. The second-order valence-corrected chi connectivity index (χ2v) is 11.8. The minimum Gasteiger partial charge on any atom is -0.497 e. The Hall–Kier alpha value is -3.67. The number of nitrogens with one attached hydrogen (secondary N) is 1. The Morgan fingerprint density at radius 1 is 0.951 bits per heavy atom. The van der Waals surface area contributed by atoms with E-state index < -0.39 is 9.84 Å². The van der Waals surface area contributed by atoms with Gasteiger partial charge in [0.25, 0.3) is 5.56 Å². The second kappa shape index (κ2) is 12.9. The molecule has 0 unspecified atom stereocenters. The quantitative estimate of drug-likeness (QED) is 0.283. The summed E-state index contributed by atoms with van der Waals surface area (Å²) in [6.07, 6.45) is 2.40. The van der Waals surface area contributed by atoms with E-state index >= 15 is 0 Å². The Bertz CT molecular complexity index is 1690. The number of H-pyrrole nitrogens is 1. The van der Waals surface area contributed by atoms with Crippen molar-refractivity contribution in [2.45, 2.75) is 24.7 Å². The largest absolute Gasteiger partial charge is 0.497 e. The van der Waals surface area contributed by atoms with Gasteiger partial charge in [-0.15, -0.1) is 12.4 Å². The summed E-state index contributed by atoms with van der Waals surface area (Å²) in [6, 6.07) is 13.4. The SMILES string of the molecule is CCS(=O)(=O)c1ccc(-c2nc(-c3nc4cc(OC)cc(OC)c4c(=O)[nH]3)ccc2OCCN2CCCC2)cc1.Cl. The fraction of sp³-hybridized carbons (Fsp3) is 0.345. The zero-order valence-corrected chi connectivity index (χ0v) is 24.8. The maximum Gasteiger partial charge on any atom is 0.262 e. The van der Waals surface area contributed by atoms with E-state index in [0.29, 0.717) is 51.7 Å². The van der Waals surface area contributed by atoms with Crippen molar-refractivity contribution in [3.8, 4) is 40.0 Å². The van der Waals surface area contributed by atoms with Crippen molar-refractivity contribution >= 4 is 33.1 Å². The number of aromatic nitrogens is 3. The highest BCUT2D eigenvalue weighted by molar-refractivity contribution is 7.91. The summed E-state index contributed by atoms with van der Waals surface area (Å²) in [7, 11) is -0.336. The lowest BCUT2D eigenvalue weighted by Crippen LogP contribution is -2.25. The lowest BCUT2D eigenvalue weighted by molar-refractivity contribution is 0.238. The van der Waals surface area contributed by atoms with E-state index in [9.17, 15) is 13.2 Å². The summed E-state index contributed by atoms with van der Waals surface area (Å²) in [5.74, 6) is 1.70. The van der Waals surface area contributed by atoms with Crippen LogP contribution in [0, 0.1) is 0 Å². The number of aromatic amines is 1. The molecule has 0 radical (unpaired) electrons. The Kier molecular flexibility index (Phi) is 9.52. The van der Waals surface area contributed by atoms with Gasteiger partial charge < -0.3 is 19.2 Å². The summed E-state index contributed by atoms with van der Waals surface area (Å²) in [5, 5.41) is 0.307. The van der Waals surface area contributed by atoms with Crippen LogP contribution in [0.5, 0.6) is 17.2 Å². The zero-order valence-electron chi connectivity index (χ0n) is 23.2. The summed E-state index contributed by atoms with van der Waals surface area (Å²) in [5.41, 5.74) is 1.65. The molecule has 0 amide bonds. The molecule has 0 bridgehead atoms. The van der Waals surface area contributed by atoms with Crippen molar-refractivity contribution < 1.29 is 22.6 Å². The highest BCUT2D eigenvalue weighted by Crippen LogP contribution is 2.33. The molecule has 41 heavy (non-hydrogen) atoms. The normalized spacial score (nSPS) is 13.6. The first-order chi connectivity index (χ1) is 19.3. The number of pyridine rings is 1. The number of halogens is 1. The lowest BCUT2D eigenvalue weighted by Gasteiger charge is -2.17. The Labute approximate surface area is 245 Å². The molecule has 1 N–H and O–H groups in total. The van der Waals surface area contributed by atoms with Crippen molar-refractivity contribution in [2.24, 2.45) is 0 Å². The molecule has 1 aliphatic heterocycles. The molecular formula is C29H33ClN4O6S. The Balaban J connectivity index is 0.00000387. The van der Waals surface area contributed by atoms with Gasteiger partial charge in [-0.05, 0) is 50.2 Å². The molecule has 5 rings (SSSR count). The van der Waals surface area contributed by atoms with E-state index in [1.165, 1.54) is 27.1 Å². The summed E-state index contributed by atoms with van der Waals surface area (Å²) in [6.45, 7) is 5.04. The first kappa shape index (κ1) is 30.3. The van der Waals surface area contributed by atoms with E-state index in [4.69, 9.17) is 19.2 Å². The predicted octanol–water partition coefficient (Wildman–Crippen LogP) is 4.36. The van der Waals surface area contributed by atoms with Gasteiger partial charge in [-0.3, -0.25) is 9.69 Å². The van der Waals surface area contributed by atoms with Crippen LogP contribution >= 0.6 is 12.4 Å². The van der Waals surface area contributed by atoms with Gasteiger partial charge in [0.1, 0.15) is 40.6 Å². The monoisotopic (exact) mass is 600 g/mol. The molecule has 4 aromatic rings. The molecule has 12 heteroatoms. The minimum absolute atomic E-state index is 0. The third kappa shape index (κ3) is 6.47. The fourth-order valence-electron chi connectivity index (χ4n) is 4.79. The van der Waals surface area contributed by atoms with E-state index in [1.807, 2.05) is 0 Å². The maximum atomic E-state index is 13.1. The third-order valence-corrected chi connectivity index (χ3v) is 8.78. The molecule has 2 aromatic carbocycles. The van der Waals surface area contributed by atoms with Gasteiger partial charge in [-0.25, -0.2) is 18.4 Å². The van der Waals surface area contributed by atoms with Gasteiger partial charge in [-0.1, -0.05) is 19.1 Å². The molecule has 218 valence electrons. The van der Waals surface area contributed by atoms with Crippen molar-refractivity contribution in [1.29, 1.82) is 0 Å². The smallest absolute Gasteiger partial charge is 0.262 e. The van der Waals surface area contributed by atoms with Gasteiger partial charge in [0, 0.05) is 24.2 Å². The molecule has 2 aromatic heterocycles. The second-order valence-electron chi connectivity index (χ2n) is 9.51. The van der Waals surface area contributed by atoms with Crippen molar-refractivity contribution in [3.05, 3.63) is 58.9 Å². The van der Waals surface area contributed by atoms with Gasteiger partial charge >= 0.3 is 0 Å². The minimum atomic E-state index is -3.35. The van der Waals surface area contributed by atoms with Gasteiger partial charge in [0.2, 0.25) is 0 Å². The first-order valence-corrected chi connectivity index (χ1v) is 14.8. The molecule has 1 fully saturated rings. The number of hydrogen-bond donors (Lipinski definition) is 1. The number of likely N-dealkylation sites (tertiary alicyclic amines) is 1. The van der Waals surface area contributed by atoms with Crippen LogP contribution in [0.1, 0.15) is 19.8 Å². The maximum absolute atomic E-state index is 13.1. The van der Waals surface area contributed by atoms with E-state index in [0.717, 1.165) is 19.6 Å². The summed E-state index contributed by atoms with van der Waals surface area (Å²) >= 11 is 0. The molecule has 3 heterocycles. The molecule has 1 saturated heterocycles. The van der Waals surface area contributed by atoms with Gasteiger partial charge in [0.05, 0.1) is 30.4 Å². The highest BCUT2D eigenvalue weighted by atomic mass is 35.5. The van der Waals surface area contributed by atoms with Crippen molar-refractivity contribution in [3.63, 3.8) is 0 Å². The number of methoxy groups -OCH3 is 2. The number of sulfone groups is 1. The average molecular weight is 601 g/mol. The third-order valence-electron chi connectivity index (χ3n) is 7.03. The lowest BCUT2D eigenvalue weighted by atomic mass is 10.1. The van der Waals surface area contributed by atoms with Crippen LogP contribution in [0.4, 0.5) is 0 Å². The predicted molar refractivity (Wildman–Crippen MR) is 160 cm³/mol. The number of hydrogen-bond acceptors (Lipinski definition) is 9. The number of ether oxygens (including phenoxy) is 3. The van der Waals surface area contributed by atoms with Crippen LogP contribution in [-0.4, -0.2) is 74.5 Å². The summed E-state index contributed by atoms with van der Waals surface area (Å²) in [4.78, 5) is 28.0. The molecule has 10 nitrogen and oxygen atoms in total. The van der Waals surface area contributed by atoms with Gasteiger partial charge in [0.15, 0.2) is 15.7 Å². The first-order valence-electron chi connectivity index (χ1n) is 13.2. The van der Waals surface area contributed by atoms with Gasteiger partial charge in [-0.2, -0.15) is 0 Å². The van der Waals surface area contributed by atoms with Crippen LogP contribution in [0.2, 0.25) is 0 Å². The van der Waals surface area contributed by atoms with E-state index in [2.05, 4.69) is 14.9 Å². The topological polar surface area (TPSA) is 124 Å². The molecule has 0 spiro atoms. The van der Waals surface area contributed by atoms with Crippen LogP contribution in [-0.2, 0) is 9.84 Å². The van der Waals surface area contributed by atoms with Crippen LogP contribution in [0.15, 0.2) is 58.2 Å². The molecule has 0 aliphatic carbocycles. The molecule has 1 aliphatic rings. The number of rotatable bonds is 10. The number of fused-ring (bicyclic) bond motifs is 1. The Morgan fingerprint density at radius 3 is 2.34 bits per heavy atom. The fourth-order valence-corrected chi connectivity index (χ4v) is 5.67. The standard InChI is InChI=1S/C29H32N4O6S.ClH/c1-4-40(35,36)21-9-7-19(8-10-21)27-24(39-16-15-33-13-5-6-14-33)12-11-22(30-27)28-31-23-17-20(37-2)18-25(38-3)26(23)29(34)32-28;/h7-12,17-18H,4-6,13-16H2,1-3H3,(H,31,32,34);1H. The highest BCUT2D eigenvalue weighted by Gasteiger charge is 2.18.